The molecule has 188 valence electrons. The fourth-order valence-corrected chi connectivity index (χ4v) is 4.04. The lowest BCUT2D eigenvalue weighted by molar-refractivity contribution is -0.277. The minimum Gasteiger partial charge on any atom is -0.474 e. The first-order valence-electron chi connectivity index (χ1n) is 11.1. The van der Waals surface area contributed by atoms with Crippen molar-refractivity contribution < 1.29 is 40.6 Å². The summed E-state index contributed by atoms with van der Waals surface area (Å²) in [7, 11) is 0. The molecule has 0 radical (unpaired) electrons. The molecule has 2 atom stereocenters. The molecule has 0 aromatic carbocycles. The van der Waals surface area contributed by atoms with Crippen LogP contribution in [0.4, 0.5) is 32.0 Å². The molecule has 1 aliphatic heterocycles. The van der Waals surface area contributed by atoms with E-state index in [4.69, 9.17) is 9.15 Å². The molecule has 0 saturated heterocycles. The molecule has 1 unspecified atom stereocenters. The molecule has 1 saturated carbocycles. The highest BCUT2D eigenvalue weighted by atomic mass is 19.4. The van der Waals surface area contributed by atoms with Gasteiger partial charge >= 0.3 is 12.4 Å². The lowest BCUT2D eigenvalue weighted by Gasteiger charge is -2.27. The maximum Gasteiger partial charge on any atom is 0.426 e. The standard InChI is InChI=1S/C21H24F6N4O3/c1-2-28-13-10-12(20(22,23)24)16-29-15(13)17-30-31-18(34-17)19(32,21(25,26)27)9-5-3-4-6-14(33-16)11-7-8-11/h10-11,14,28,32H,2-9H2,1H3/t14?,19-/m1/s1. The zero-order valence-corrected chi connectivity index (χ0v) is 18.3. The number of aromatic nitrogens is 3. The van der Waals surface area contributed by atoms with Crippen LogP contribution < -0.4 is 10.1 Å². The van der Waals surface area contributed by atoms with Gasteiger partial charge in [0.05, 0.1) is 5.69 Å². The van der Waals surface area contributed by atoms with E-state index in [9.17, 15) is 31.4 Å². The lowest BCUT2D eigenvalue weighted by Crippen LogP contribution is -2.42. The number of alkyl halides is 6. The fraction of sp³-hybridized carbons (Fsp3) is 0.667. The minimum absolute atomic E-state index is 0.00883. The third-order valence-electron chi connectivity index (χ3n) is 6.05. The highest BCUT2D eigenvalue weighted by Gasteiger charge is 2.58. The van der Waals surface area contributed by atoms with Crippen LogP contribution in [0.1, 0.15) is 63.3 Å². The van der Waals surface area contributed by atoms with Gasteiger partial charge < -0.3 is 19.6 Å². The van der Waals surface area contributed by atoms with E-state index in [-0.39, 0.29) is 30.3 Å². The first-order chi connectivity index (χ1) is 15.9. The van der Waals surface area contributed by atoms with Gasteiger partial charge in [-0.15, -0.1) is 10.2 Å². The van der Waals surface area contributed by atoms with E-state index in [0.29, 0.717) is 19.3 Å². The number of rotatable bonds is 3. The van der Waals surface area contributed by atoms with Crippen molar-refractivity contribution in [3.8, 4) is 17.5 Å². The Morgan fingerprint density at radius 3 is 2.44 bits per heavy atom. The van der Waals surface area contributed by atoms with Gasteiger partial charge in [-0.25, -0.2) is 4.98 Å². The smallest absolute Gasteiger partial charge is 0.426 e. The van der Waals surface area contributed by atoms with E-state index >= 15 is 0 Å². The van der Waals surface area contributed by atoms with Gasteiger partial charge in [-0.3, -0.25) is 0 Å². The van der Waals surface area contributed by atoms with Crippen molar-refractivity contribution in [1.82, 2.24) is 15.2 Å². The topological polar surface area (TPSA) is 93.3 Å². The molecule has 2 aliphatic rings. The zero-order chi connectivity index (χ0) is 24.7. The van der Waals surface area contributed by atoms with Crippen molar-refractivity contribution in [2.75, 3.05) is 11.9 Å². The van der Waals surface area contributed by atoms with Crippen LogP contribution in [-0.2, 0) is 11.8 Å². The van der Waals surface area contributed by atoms with Crippen LogP contribution in [0, 0.1) is 5.92 Å². The molecule has 7 nitrogen and oxygen atoms in total. The van der Waals surface area contributed by atoms with Crippen LogP contribution in [-0.4, -0.2) is 39.1 Å². The van der Waals surface area contributed by atoms with Crippen molar-refractivity contribution in [2.24, 2.45) is 5.92 Å². The van der Waals surface area contributed by atoms with E-state index < -0.39 is 53.7 Å². The quantitative estimate of drug-likeness (QED) is 0.548. The Balaban J connectivity index is 1.88. The van der Waals surface area contributed by atoms with Crippen LogP contribution in [0.2, 0.25) is 0 Å². The molecule has 0 amide bonds. The second-order valence-corrected chi connectivity index (χ2v) is 8.63. The summed E-state index contributed by atoms with van der Waals surface area (Å²) in [5.41, 5.74) is -4.96. The van der Waals surface area contributed by atoms with Crippen molar-refractivity contribution in [3.05, 3.63) is 17.5 Å². The predicted molar refractivity (Wildman–Crippen MR) is 107 cm³/mol. The third-order valence-corrected chi connectivity index (χ3v) is 6.05. The number of halogens is 6. The molecular weight excluding hydrogens is 470 g/mol. The summed E-state index contributed by atoms with van der Waals surface area (Å²) in [5.74, 6) is -2.29. The van der Waals surface area contributed by atoms with Gasteiger partial charge in [-0.2, -0.15) is 26.3 Å². The van der Waals surface area contributed by atoms with Crippen molar-refractivity contribution in [2.45, 2.75) is 75.9 Å². The Morgan fingerprint density at radius 2 is 1.82 bits per heavy atom. The number of pyridine rings is 1. The molecule has 2 aromatic rings. The number of hydrogen-bond donors (Lipinski definition) is 2. The molecule has 4 rings (SSSR count). The molecule has 13 heteroatoms. The fourth-order valence-electron chi connectivity index (χ4n) is 4.04. The maximum atomic E-state index is 13.9. The van der Waals surface area contributed by atoms with Crippen LogP contribution in [0.15, 0.2) is 10.5 Å². The van der Waals surface area contributed by atoms with Crippen molar-refractivity contribution in [1.29, 1.82) is 0 Å². The molecule has 1 aliphatic carbocycles. The van der Waals surface area contributed by atoms with Crippen molar-refractivity contribution >= 4 is 5.69 Å². The number of anilines is 1. The Kier molecular flexibility index (Phi) is 6.42. The van der Waals surface area contributed by atoms with E-state index in [1.165, 1.54) is 0 Å². The second kappa shape index (κ2) is 8.90. The summed E-state index contributed by atoms with van der Waals surface area (Å²) in [5, 5.41) is 20.2. The number of fused-ring (bicyclic) bond motifs is 5. The number of nitrogens with zero attached hydrogens (tertiary/aromatic N) is 3. The Labute approximate surface area is 190 Å². The average molecular weight is 494 g/mol. The average Bonchev–Trinajstić information content (AvgIpc) is 3.47. The van der Waals surface area contributed by atoms with Crippen LogP contribution >= 0.6 is 0 Å². The van der Waals surface area contributed by atoms with Crippen LogP contribution in [0.3, 0.4) is 0 Å². The van der Waals surface area contributed by atoms with E-state index in [0.717, 1.165) is 18.9 Å². The summed E-state index contributed by atoms with van der Waals surface area (Å²) >= 11 is 0. The Hall–Kier alpha value is -2.57. The summed E-state index contributed by atoms with van der Waals surface area (Å²) in [6.07, 6.45) is -8.51. The van der Waals surface area contributed by atoms with Gasteiger partial charge in [0.25, 0.3) is 11.8 Å². The van der Waals surface area contributed by atoms with E-state index in [1.54, 1.807) is 6.92 Å². The summed E-state index contributed by atoms with van der Waals surface area (Å²) in [6.45, 7) is 1.81. The molecular formula is C21H24F6N4O3. The lowest BCUT2D eigenvalue weighted by atomic mass is 9.94. The second-order valence-electron chi connectivity index (χ2n) is 8.63. The highest BCUT2D eigenvalue weighted by molar-refractivity contribution is 5.70. The molecule has 1 fully saturated rings. The number of ether oxygens (including phenoxy) is 1. The first-order valence-corrected chi connectivity index (χ1v) is 11.1. The SMILES string of the molecule is CCNc1cc(C(F)(F)F)c2nc1-c1nnc(o1)[C@@](O)(C(F)(F)F)CCCCCC(C1CC1)O2. The Bertz CT molecular complexity index is 1020. The summed E-state index contributed by atoms with van der Waals surface area (Å²) in [4.78, 5) is 4.00. The summed E-state index contributed by atoms with van der Waals surface area (Å²) < 4.78 is 93.9. The molecule has 4 bridgehead atoms. The molecule has 0 spiro atoms. The van der Waals surface area contributed by atoms with Crippen LogP contribution in [0.25, 0.3) is 11.6 Å². The summed E-state index contributed by atoms with van der Waals surface area (Å²) in [6, 6.07) is 0.775. The maximum absolute atomic E-state index is 13.9. The van der Waals surface area contributed by atoms with Gasteiger partial charge in [0.2, 0.25) is 11.5 Å². The van der Waals surface area contributed by atoms with Gasteiger partial charge in [0, 0.05) is 6.54 Å². The predicted octanol–water partition coefficient (Wildman–Crippen LogP) is 5.45. The molecule has 3 heterocycles. The number of hydrogen-bond acceptors (Lipinski definition) is 7. The highest BCUT2D eigenvalue weighted by Crippen LogP contribution is 2.46. The normalized spacial score (nSPS) is 24.3. The van der Waals surface area contributed by atoms with E-state index in [2.05, 4.69) is 20.5 Å². The molecule has 2 N–H and O–H groups in total. The third kappa shape index (κ3) is 4.80. The van der Waals surface area contributed by atoms with Gasteiger partial charge in [0.1, 0.15) is 11.7 Å². The van der Waals surface area contributed by atoms with Crippen molar-refractivity contribution in [3.63, 3.8) is 0 Å². The minimum atomic E-state index is -5.10. The van der Waals surface area contributed by atoms with Gasteiger partial charge in [-0.05, 0) is 57.4 Å². The van der Waals surface area contributed by atoms with Gasteiger partial charge in [0.15, 0.2) is 5.69 Å². The Morgan fingerprint density at radius 1 is 1.09 bits per heavy atom. The number of aliphatic hydroxyl groups is 1. The number of nitrogens with one attached hydrogen (secondary N) is 1. The van der Waals surface area contributed by atoms with Crippen LogP contribution in [0.5, 0.6) is 5.88 Å². The molecule has 34 heavy (non-hydrogen) atoms. The van der Waals surface area contributed by atoms with Gasteiger partial charge in [-0.1, -0.05) is 6.42 Å². The zero-order valence-electron chi connectivity index (χ0n) is 18.3. The first kappa shape index (κ1) is 24.6. The molecule has 2 aromatic heterocycles. The largest absolute Gasteiger partial charge is 0.474 e. The van der Waals surface area contributed by atoms with E-state index in [1.807, 2.05) is 0 Å². The monoisotopic (exact) mass is 494 g/mol.